The van der Waals surface area contributed by atoms with Gasteiger partial charge in [-0.3, -0.25) is 4.79 Å². The first-order valence-electron chi connectivity index (χ1n) is 9.04. The van der Waals surface area contributed by atoms with E-state index in [-0.39, 0.29) is 10.8 Å². The molecule has 1 amide bonds. The Kier molecular flexibility index (Phi) is 7.20. The van der Waals surface area contributed by atoms with Crippen LogP contribution in [0.2, 0.25) is 0 Å². The molecular formula is C19H28N2O3S. The largest absolute Gasteiger partial charge is 0.339 e. The fourth-order valence-corrected chi connectivity index (χ4v) is 4.13. The third-order valence-electron chi connectivity index (χ3n) is 4.57. The number of allylic oxidation sites excluding steroid dienone is 1. The van der Waals surface area contributed by atoms with Gasteiger partial charge < -0.3 is 4.90 Å². The van der Waals surface area contributed by atoms with Gasteiger partial charge in [0.15, 0.2) is 0 Å². The second kappa shape index (κ2) is 9.15. The van der Waals surface area contributed by atoms with Gasteiger partial charge in [-0.05, 0) is 64.2 Å². The smallest absolute Gasteiger partial charge is 0.253 e. The molecule has 0 fully saturated rings. The van der Waals surface area contributed by atoms with Crippen molar-refractivity contribution >= 4 is 15.9 Å². The molecule has 2 rings (SSSR count). The van der Waals surface area contributed by atoms with Crippen molar-refractivity contribution in [3.05, 3.63) is 41.5 Å². The molecule has 0 aromatic heterocycles. The number of hydrogen-bond donors (Lipinski definition) is 1. The van der Waals surface area contributed by atoms with Crippen molar-refractivity contribution in [2.45, 2.75) is 50.8 Å². The highest BCUT2D eigenvalue weighted by molar-refractivity contribution is 7.89. The highest BCUT2D eigenvalue weighted by Gasteiger charge is 2.18. The van der Waals surface area contributed by atoms with Crippen molar-refractivity contribution < 1.29 is 13.2 Å². The Morgan fingerprint density at radius 2 is 1.96 bits per heavy atom. The van der Waals surface area contributed by atoms with Crippen LogP contribution in [0.1, 0.15) is 56.3 Å². The van der Waals surface area contributed by atoms with E-state index in [1.165, 1.54) is 30.5 Å². The van der Waals surface area contributed by atoms with Gasteiger partial charge in [0, 0.05) is 25.2 Å². The van der Waals surface area contributed by atoms with Gasteiger partial charge in [-0.25, -0.2) is 13.1 Å². The van der Waals surface area contributed by atoms with Crippen molar-refractivity contribution in [1.82, 2.24) is 9.62 Å². The van der Waals surface area contributed by atoms with Crippen LogP contribution < -0.4 is 4.72 Å². The predicted molar refractivity (Wildman–Crippen MR) is 100 cm³/mol. The van der Waals surface area contributed by atoms with E-state index in [0.717, 1.165) is 19.3 Å². The Hall–Kier alpha value is -1.66. The number of benzene rings is 1. The predicted octanol–water partition coefficient (Wildman–Crippen LogP) is 3.34. The minimum absolute atomic E-state index is 0.142. The Morgan fingerprint density at radius 3 is 2.60 bits per heavy atom. The van der Waals surface area contributed by atoms with Crippen LogP contribution in [0.4, 0.5) is 0 Å². The summed E-state index contributed by atoms with van der Waals surface area (Å²) in [7, 11) is -3.60. The third kappa shape index (κ3) is 5.41. The number of sulfonamides is 1. The summed E-state index contributed by atoms with van der Waals surface area (Å²) in [5.41, 5.74) is 1.74. The minimum Gasteiger partial charge on any atom is -0.339 e. The quantitative estimate of drug-likeness (QED) is 0.720. The number of carbonyl (C=O) groups excluding carboxylic acids is 1. The van der Waals surface area contributed by atoms with E-state index in [4.69, 9.17) is 0 Å². The average molecular weight is 365 g/mol. The molecule has 25 heavy (non-hydrogen) atoms. The SMILES string of the molecule is CCN(CC)C(=O)c1cccc(S(=O)(=O)NCCC2=CCCCC2)c1. The lowest BCUT2D eigenvalue weighted by atomic mass is 9.97. The van der Waals surface area contributed by atoms with Gasteiger partial charge >= 0.3 is 0 Å². The summed E-state index contributed by atoms with van der Waals surface area (Å²) >= 11 is 0. The van der Waals surface area contributed by atoms with Gasteiger partial charge in [-0.15, -0.1) is 0 Å². The molecule has 0 radical (unpaired) electrons. The Morgan fingerprint density at radius 1 is 1.20 bits per heavy atom. The first kappa shape index (κ1) is 19.7. The van der Waals surface area contributed by atoms with Crippen molar-refractivity contribution in [2.24, 2.45) is 0 Å². The molecule has 5 nitrogen and oxygen atoms in total. The number of nitrogens with one attached hydrogen (secondary N) is 1. The fraction of sp³-hybridized carbons (Fsp3) is 0.526. The molecule has 0 unspecified atom stereocenters. The molecule has 0 saturated heterocycles. The molecule has 1 aromatic rings. The highest BCUT2D eigenvalue weighted by Crippen LogP contribution is 2.20. The normalized spacial score (nSPS) is 14.9. The lowest BCUT2D eigenvalue weighted by Gasteiger charge is -2.19. The molecule has 0 spiro atoms. The van der Waals surface area contributed by atoms with E-state index in [1.807, 2.05) is 13.8 Å². The van der Waals surface area contributed by atoms with Gasteiger partial charge in [0.05, 0.1) is 4.90 Å². The first-order chi connectivity index (χ1) is 12.0. The summed E-state index contributed by atoms with van der Waals surface area (Å²) < 4.78 is 27.7. The lowest BCUT2D eigenvalue weighted by Crippen LogP contribution is -2.31. The average Bonchev–Trinajstić information content (AvgIpc) is 2.63. The maximum absolute atomic E-state index is 12.5. The Bertz CT molecular complexity index is 722. The molecule has 1 N–H and O–H groups in total. The monoisotopic (exact) mass is 364 g/mol. The van der Waals surface area contributed by atoms with Gasteiger partial charge in [-0.2, -0.15) is 0 Å². The molecule has 1 aromatic carbocycles. The van der Waals surface area contributed by atoms with E-state index in [0.29, 0.717) is 25.2 Å². The Balaban J connectivity index is 2.04. The van der Waals surface area contributed by atoms with Crippen LogP contribution in [0, 0.1) is 0 Å². The standard InChI is InChI=1S/C19H28N2O3S/c1-3-21(4-2)19(22)17-11-8-12-18(15-17)25(23,24)20-14-13-16-9-6-5-7-10-16/h8-9,11-12,15,20H,3-7,10,13-14H2,1-2H3. The minimum atomic E-state index is -3.60. The van der Waals surface area contributed by atoms with Gasteiger partial charge in [-0.1, -0.05) is 17.7 Å². The van der Waals surface area contributed by atoms with E-state index in [1.54, 1.807) is 17.0 Å². The summed E-state index contributed by atoms with van der Waals surface area (Å²) in [6.07, 6.45) is 7.54. The van der Waals surface area contributed by atoms with E-state index >= 15 is 0 Å². The van der Waals surface area contributed by atoms with Crippen LogP contribution in [-0.4, -0.2) is 38.9 Å². The summed E-state index contributed by atoms with van der Waals surface area (Å²) in [4.78, 5) is 14.2. The topological polar surface area (TPSA) is 66.5 Å². The molecule has 0 saturated carbocycles. The number of amides is 1. The van der Waals surface area contributed by atoms with Gasteiger partial charge in [0.2, 0.25) is 10.0 Å². The maximum Gasteiger partial charge on any atom is 0.253 e. The highest BCUT2D eigenvalue weighted by atomic mass is 32.2. The zero-order chi connectivity index (χ0) is 18.3. The summed E-state index contributed by atoms with van der Waals surface area (Å²) in [5.74, 6) is -0.144. The zero-order valence-electron chi connectivity index (χ0n) is 15.1. The number of hydrogen-bond acceptors (Lipinski definition) is 3. The van der Waals surface area contributed by atoms with Crippen molar-refractivity contribution in [2.75, 3.05) is 19.6 Å². The summed E-state index contributed by atoms with van der Waals surface area (Å²) in [5, 5.41) is 0. The van der Waals surface area contributed by atoms with E-state index in [2.05, 4.69) is 10.8 Å². The zero-order valence-corrected chi connectivity index (χ0v) is 15.9. The lowest BCUT2D eigenvalue weighted by molar-refractivity contribution is 0.0772. The molecule has 138 valence electrons. The molecular weight excluding hydrogens is 336 g/mol. The van der Waals surface area contributed by atoms with Crippen molar-refractivity contribution in [3.8, 4) is 0 Å². The fourth-order valence-electron chi connectivity index (χ4n) is 3.05. The second-order valence-corrected chi connectivity index (χ2v) is 8.03. The van der Waals surface area contributed by atoms with Crippen LogP contribution in [0.3, 0.4) is 0 Å². The molecule has 1 aliphatic rings. The molecule has 6 heteroatoms. The van der Waals surface area contributed by atoms with Gasteiger partial charge in [0.1, 0.15) is 0 Å². The van der Waals surface area contributed by atoms with E-state index in [9.17, 15) is 13.2 Å². The number of carbonyl (C=O) groups is 1. The van der Waals surface area contributed by atoms with Crippen LogP contribution in [-0.2, 0) is 10.0 Å². The van der Waals surface area contributed by atoms with Crippen LogP contribution >= 0.6 is 0 Å². The molecule has 1 aliphatic carbocycles. The maximum atomic E-state index is 12.5. The first-order valence-corrected chi connectivity index (χ1v) is 10.5. The number of nitrogens with zero attached hydrogens (tertiary/aromatic N) is 1. The van der Waals surface area contributed by atoms with E-state index < -0.39 is 10.0 Å². The second-order valence-electron chi connectivity index (χ2n) is 6.26. The third-order valence-corrected chi connectivity index (χ3v) is 6.02. The van der Waals surface area contributed by atoms with Gasteiger partial charge in [0.25, 0.3) is 5.91 Å². The van der Waals surface area contributed by atoms with Crippen LogP contribution in [0.5, 0.6) is 0 Å². The van der Waals surface area contributed by atoms with Crippen LogP contribution in [0.25, 0.3) is 0 Å². The molecule has 0 heterocycles. The molecule has 0 aliphatic heterocycles. The molecule has 0 bridgehead atoms. The number of rotatable bonds is 8. The summed E-state index contributed by atoms with van der Waals surface area (Å²) in [6.45, 7) is 5.40. The Labute approximate surface area is 151 Å². The summed E-state index contributed by atoms with van der Waals surface area (Å²) in [6, 6.07) is 6.27. The molecule has 0 atom stereocenters. The van der Waals surface area contributed by atoms with Crippen LogP contribution in [0.15, 0.2) is 40.8 Å². The van der Waals surface area contributed by atoms with Crippen molar-refractivity contribution in [3.63, 3.8) is 0 Å². The van der Waals surface area contributed by atoms with Crippen molar-refractivity contribution in [1.29, 1.82) is 0 Å².